The van der Waals surface area contributed by atoms with Crippen molar-refractivity contribution in [3.05, 3.63) is 65.7 Å². The molecule has 136 valence electrons. The molecule has 2 N–H and O–H groups in total. The van der Waals surface area contributed by atoms with E-state index in [1.165, 1.54) is 0 Å². The summed E-state index contributed by atoms with van der Waals surface area (Å²) in [5, 5.41) is 8.36. The Balaban J connectivity index is 1.57. The number of benzene rings is 3. The third-order valence-electron chi connectivity index (χ3n) is 4.29. The van der Waals surface area contributed by atoms with Crippen LogP contribution in [-0.4, -0.2) is 19.6 Å². The zero-order chi connectivity index (χ0) is 18.8. The Morgan fingerprint density at radius 3 is 2.59 bits per heavy atom. The summed E-state index contributed by atoms with van der Waals surface area (Å²) in [6, 6.07) is 18.7. The van der Waals surface area contributed by atoms with E-state index >= 15 is 0 Å². The second-order valence-electron chi connectivity index (χ2n) is 6.03. The molecule has 0 aliphatic heterocycles. The van der Waals surface area contributed by atoms with Crippen molar-refractivity contribution in [2.45, 2.75) is 0 Å². The van der Waals surface area contributed by atoms with Gasteiger partial charge in [0.05, 0.1) is 30.1 Å². The predicted molar refractivity (Wildman–Crippen MR) is 109 cm³/mol. The molecule has 1 heterocycles. The number of nitrogens with one attached hydrogen (secondary N) is 2. The number of hydrogen-bond acceptors (Lipinski definition) is 4. The molecular formula is C21H17ClN2O3. The first-order chi connectivity index (χ1) is 13.2. The molecule has 0 unspecified atom stereocenters. The maximum Gasteiger partial charge on any atom is 0.243 e. The second kappa shape index (κ2) is 7.21. The highest BCUT2D eigenvalue weighted by Gasteiger charge is 2.13. The Kier molecular flexibility index (Phi) is 4.60. The third-order valence-corrected chi connectivity index (χ3v) is 4.62. The first-order valence-electron chi connectivity index (χ1n) is 8.43. The second-order valence-corrected chi connectivity index (χ2v) is 6.44. The summed E-state index contributed by atoms with van der Waals surface area (Å²) in [6.07, 6.45) is 0. The molecule has 5 nitrogen and oxygen atoms in total. The Labute approximate surface area is 160 Å². The number of para-hydroxylation sites is 2. The van der Waals surface area contributed by atoms with Gasteiger partial charge in [-0.25, -0.2) is 0 Å². The molecule has 3 aromatic carbocycles. The molecule has 1 aromatic heterocycles. The van der Waals surface area contributed by atoms with Gasteiger partial charge in [-0.1, -0.05) is 41.9 Å². The first kappa shape index (κ1) is 17.2. The summed E-state index contributed by atoms with van der Waals surface area (Å²) in [7, 11) is 1.60. The van der Waals surface area contributed by atoms with E-state index in [0.29, 0.717) is 22.1 Å². The molecule has 0 saturated carbocycles. The van der Waals surface area contributed by atoms with E-state index in [2.05, 4.69) is 10.6 Å². The van der Waals surface area contributed by atoms with Crippen LogP contribution in [0.25, 0.3) is 21.9 Å². The minimum Gasteiger partial charge on any atom is -0.495 e. The van der Waals surface area contributed by atoms with Crippen LogP contribution in [0.5, 0.6) is 5.75 Å². The van der Waals surface area contributed by atoms with Crippen molar-refractivity contribution in [1.82, 2.24) is 0 Å². The number of anilines is 2. The van der Waals surface area contributed by atoms with E-state index in [1.807, 2.05) is 48.5 Å². The Morgan fingerprint density at radius 2 is 1.78 bits per heavy atom. The van der Waals surface area contributed by atoms with Crippen LogP contribution in [0.1, 0.15) is 0 Å². The van der Waals surface area contributed by atoms with Crippen LogP contribution in [-0.2, 0) is 4.79 Å². The fraction of sp³-hybridized carbons (Fsp3) is 0.0952. The lowest BCUT2D eigenvalue weighted by molar-refractivity contribution is -0.114. The van der Waals surface area contributed by atoms with E-state index in [9.17, 15) is 4.79 Å². The molecule has 0 spiro atoms. The van der Waals surface area contributed by atoms with Crippen LogP contribution in [0, 0.1) is 0 Å². The molecule has 0 radical (unpaired) electrons. The van der Waals surface area contributed by atoms with Crippen molar-refractivity contribution in [1.29, 1.82) is 0 Å². The van der Waals surface area contributed by atoms with Gasteiger partial charge in [-0.15, -0.1) is 0 Å². The van der Waals surface area contributed by atoms with Gasteiger partial charge in [0.25, 0.3) is 0 Å². The molecule has 1 amide bonds. The molecule has 0 saturated heterocycles. The van der Waals surface area contributed by atoms with Gasteiger partial charge in [0, 0.05) is 16.8 Å². The van der Waals surface area contributed by atoms with E-state index < -0.39 is 0 Å². The van der Waals surface area contributed by atoms with E-state index in [-0.39, 0.29) is 12.5 Å². The molecule has 4 aromatic rings. The lowest BCUT2D eigenvalue weighted by Crippen LogP contribution is -2.22. The van der Waals surface area contributed by atoms with Crippen molar-refractivity contribution in [2.24, 2.45) is 0 Å². The first-order valence-corrected chi connectivity index (χ1v) is 8.81. The molecular weight excluding hydrogens is 364 g/mol. The van der Waals surface area contributed by atoms with Gasteiger partial charge < -0.3 is 19.8 Å². The van der Waals surface area contributed by atoms with Crippen molar-refractivity contribution in [2.75, 3.05) is 24.3 Å². The van der Waals surface area contributed by atoms with Gasteiger partial charge in [0.1, 0.15) is 16.9 Å². The van der Waals surface area contributed by atoms with Gasteiger partial charge >= 0.3 is 0 Å². The Hall–Kier alpha value is -3.18. The van der Waals surface area contributed by atoms with Crippen LogP contribution in [0.3, 0.4) is 0 Å². The number of halogens is 1. The molecule has 0 fully saturated rings. The fourth-order valence-electron chi connectivity index (χ4n) is 2.99. The van der Waals surface area contributed by atoms with E-state index in [1.54, 1.807) is 19.2 Å². The lowest BCUT2D eigenvalue weighted by atomic mass is 10.1. The predicted octanol–water partition coefficient (Wildman–Crippen LogP) is 5.30. The fourth-order valence-corrected chi connectivity index (χ4v) is 3.17. The number of furan rings is 1. The highest BCUT2D eigenvalue weighted by molar-refractivity contribution is 6.33. The number of amides is 1. The highest BCUT2D eigenvalue weighted by Crippen LogP contribution is 2.36. The van der Waals surface area contributed by atoms with E-state index in [4.69, 9.17) is 20.8 Å². The summed E-state index contributed by atoms with van der Waals surface area (Å²) in [6.45, 7) is 0.0628. The van der Waals surface area contributed by atoms with Gasteiger partial charge in [-0.2, -0.15) is 0 Å². The van der Waals surface area contributed by atoms with Crippen molar-refractivity contribution in [3.8, 4) is 5.75 Å². The zero-order valence-corrected chi connectivity index (χ0v) is 15.3. The van der Waals surface area contributed by atoms with Crippen molar-refractivity contribution < 1.29 is 13.9 Å². The molecule has 6 heteroatoms. The Morgan fingerprint density at radius 1 is 1.00 bits per heavy atom. The normalized spacial score (nSPS) is 10.9. The number of carbonyl (C=O) groups is 1. The van der Waals surface area contributed by atoms with Crippen molar-refractivity contribution >= 4 is 50.8 Å². The average molecular weight is 381 g/mol. The Bertz CT molecular complexity index is 1140. The number of hydrogen-bond donors (Lipinski definition) is 2. The third kappa shape index (κ3) is 3.41. The minimum atomic E-state index is -0.213. The topological polar surface area (TPSA) is 63.5 Å². The van der Waals surface area contributed by atoms with Gasteiger partial charge in [-0.3, -0.25) is 4.79 Å². The molecule has 0 aliphatic rings. The minimum absolute atomic E-state index is 0.0628. The summed E-state index contributed by atoms with van der Waals surface area (Å²) < 4.78 is 11.4. The smallest absolute Gasteiger partial charge is 0.243 e. The number of rotatable bonds is 5. The number of carbonyl (C=O) groups excluding carboxylic acids is 1. The molecule has 4 rings (SSSR count). The standard InChI is InChI=1S/C21H17ClN2O3/c1-26-20-10-14-13-6-2-5-9-18(13)27-19(14)11-17(20)23-12-21(25)24-16-8-4-3-7-15(16)22/h2-11,23H,12H2,1H3,(H,24,25). The highest BCUT2D eigenvalue weighted by atomic mass is 35.5. The molecule has 0 bridgehead atoms. The van der Waals surface area contributed by atoms with Crippen LogP contribution in [0.15, 0.2) is 65.1 Å². The summed E-state index contributed by atoms with van der Waals surface area (Å²) >= 11 is 6.07. The number of ether oxygens (including phenoxy) is 1. The molecule has 27 heavy (non-hydrogen) atoms. The SMILES string of the molecule is COc1cc2c(cc1NCC(=O)Nc1ccccc1Cl)oc1ccccc12. The zero-order valence-electron chi connectivity index (χ0n) is 14.6. The number of methoxy groups -OCH3 is 1. The van der Waals surface area contributed by atoms with Crippen LogP contribution < -0.4 is 15.4 Å². The maximum absolute atomic E-state index is 12.2. The molecule has 0 atom stereocenters. The van der Waals surface area contributed by atoms with Crippen LogP contribution >= 0.6 is 11.6 Å². The van der Waals surface area contributed by atoms with Gasteiger partial charge in [0.2, 0.25) is 5.91 Å². The summed E-state index contributed by atoms with van der Waals surface area (Å²) in [5.74, 6) is 0.425. The quantitative estimate of drug-likeness (QED) is 0.493. The van der Waals surface area contributed by atoms with Crippen molar-refractivity contribution in [3.63, 3.8) is 0 Å². The van der Waals surface area contributed by atoms with Crippen LogP contribution in [0.2, 0.25) is 5.02 Å². The monoisotopic (exact) mass is 380 g/mol. The van der Waals surface area contributed by atoms with Gasteiger partial charge in [-0.05, 0) is 24.3 Å². The summed E-state index contributed by atoms with van der Waals surface area (Å²) in [4.78, 5) is 12.2. The van der Waals surface area contributed by atoms with Gasteiger partial charge in [0.15, 0.2) is 0 Å². The average Bonchev–Trinajstić information content (AvgIpc) is 3.04. The van der Waals surface area contributed by atoms with E-state index in [0.717, 1.165) is 21.9 Å². The lowest BCUT2D eigenvalue weighted by Gasteiger charge is -2.12. The largest absolute Gasteiger partial charge is 0.495 e. The molecule has 0 aliphatic carbocycles. The number of fused-ring (bicyclic) bond motifs is 3. The summed E-state index contributed by atoms with van der Waals surface area (Å²) in [5.41, 5.74) is 2.79. The van der Waals surface area contributed by atoms with Crippen LogP contribution in [0.4, 0.5) is 11.4 Å². The maximum atomic E-state index is 12.2.